The fourth-order valence-corrected chi connectivity index (χ4v) is 3.29. The Morgan fingerprint density at radius 3 is 2.44 bits per heavy atom. The molecule has 0 fully saturated rings. The number of benzene rings is 2. The Bertz CT molecular complexity index is 807. The summed E-state index contributed by atoms with van der Waals surface area (Å²) in [7, 11) is 1.68. The molecule has 132 valence electrons. The number of hydrogen-bond donors (Lipinski definition) is 1. The van der Waals surface area contributed by atoms with Gasteiger partial charge in [-0.15, -0.1) is 0 Å². The summed E-state index contributed by atoms with van der Waals surface area (Å²) in [5.41, 5.74) is 3.37. The van der Waals surface area contributed by atoms with E-state index in [9.17, 15) is 0 Å². The first-order chi connectivity index (χ1) is 12.1. The van der Waals surface area contributed by atoms with E-state index < -0.39 is 0 Å². The maximum absolute atomic E-state index is 5.79. The van der Waals surface area contributed by atoms with E-state index in [0.29, 0.717) is 18.0 Å². The summed E-state index contributed by atoms with van der Waals surface area (Å²) in [6.45, 7) is 6.75. The predicted octanol–water partition coefficient (Wildman–Crippen LogP) is 5.36. The third-order valence-corrected chi connectivity index (χ3v) is 4.87. The number of hydrogen-bond acceptors (Lipinski definition) is 3. The Kier molecular flexibility index (Phi) is 5.44. The maximum Gasteiger partial charge on any atom is 0.175 e. The standard InChI is InChI=1S/C22H27NO2/c1-15(2)20(23-16(3)17-9-6-5-7-10-17)13-18-14-25-22-19(18)11-8-12-21(22)24-4/h5-12,14-16,20,23H,13H2,1-4H3/t16-,20-/m0/s1. The SMILES string of the molecule is COc1cccc2c(C[C@H](N[C@@H](C)c3ccccc3)C(C)C)coc12. The van der Waals surface area contributed by atoms with Gasteiger partial charge in [0.15, 0.2) is 11.3 Å². The Balaban J connectivity index is 1.81. The number of ether oxygens (including phenoxy) is 1. The van der Waals surface area contributed by atoms with Crippen LogP contribution < -0.4 is 10.1 Å². The molecule has 2 aromatic carbocycles. The molecule has 0 aliphatic rings. The molecule has 3 heteroatoms. The van der Waals surface area contributed by atoms with Crippen LogP contribution in [0.4, 0.5) is 0 Å². The lowest BCUT2D eigenvalue weighted by Crippen LogP contribution is -2.37. The Hall–Kier alpha value is -2.26. The molecule has 25 heavy (non-hydrogen) atoms. The average molecular weight is 337 g/mol. The number of para-hydroxylation sites is 1. The molecular weight excluding hydrogens is 310 g/mol. The average Bonchev–Trinajstić information content (AvgIpc) is 3.04. The Morgan fingerprint density at radius 1 is 1.00 bits per heavy atom. The van der Waals surface area contributed by atoms with Gasteiger partial charge < -0.3 is 14.5 Å². The van der Waals surface area contributed by atoms with Crippen molar-refractivity contribution in [2.24, 2.45) is 5.92 Å². The van der Waals surface area contributed by atoms with Gasteiger partial charge in [0.25, 0.3) is 0 Å². The van der Waals surface area contributed by atoms with E-state index in [2.05, 4.69) is 62.5 Å². The van der Waals surface area contributed by atoms with Gasteiger partial charge in [-0.25, -0.2) is 0 Å². The second kappa shape index (κ2) is 7.75. The minimum atomic E-state index is 0.307. The molecule has 0 radical (unpaired) electrons. The predicted molar refractivity (Wildman–Crippen MR) is 103 cm³/mol. The van der Waals surface area contributed by atoms with E-state index in [1.807, 2.05) is 18.4 Å². The van der Waals surface area contributed by atoms with Gasteiger partial charge in [0, 0.05) is 17.5 Å². The monoisotopic (exact) mass is 337 g/mol. The lowest BCUT2D eigenvalue weighted by molar-refractivity contribution is 0.362. The van der Waals surface area contributed by atoms with Crippen LogP contribution in [0, 0.1) is 5.92 Å². The van der Waals surface area contributed by atoms with Gasteiger partial charge in [-0.05, 0) is 36.5 Å². The molecule has 3 nitrogen and oxygen atoms in total. The maximum atomic E-state index is 5.79. The van der Waals surface area contributed by atoms with Gasteiger partial charge in [-0.2, -0.15) is 0 Å². The summed E-state index contributed by atoms with van der Waals surface area (Å²) in [4.78, 5) is 0. The van der Waals surface area contributed by atoms with Gasteiger partial charge >= 0.3 is 0 Å². The van der Waals surface area contributed by atoms with Gasteiger partial charge in [0.2, 0.25) is 0 Å². The van der Waals surface area contributed by atoms with Gasteiger partial charge in [0.1, 0.15) is 0 Å². The molecule has 2 atom stereocenters. The normalized spacial score (nSPS) is 14.0. The molecule has 0 aliphatic heterocycles. The number of methoxy groups -OCH3 is 1. The van der Waals surface area contributed by atoms with Crippen LogP contribution >= 0.6 is 0 Å². The van der Waals surface area contributed by atoms with Crippen LogP contribution in [0.15, 0.2) is 59.2 Å². The first kappa shape index (κ1) is 17.6. The molecule has 0 amide bonds. The highest BCUT2D eigenvalue weighted by Gasteiger charge is 2.20. The largest absolute Gasteiger partial charge is 0.493 e. The molecule has 0 bridgehead atoms. The highest BCUT2D eigenvalue weighted by atomic mass is 16.5. The topological polar surface area (TPSA) is 34.4 Å². The minimum Gasteiger partial charge on any atom is -0.493 e. The van der Waals surface area contributed by atoms with Crippen molar-refractivity contribution in [3.05, 3.63) is 65.9 Å². The number of fused-ring (bicyclic) bond motifs is 1. The molecule has 0 spiro atoms. The fourth-order valence-electron chi connectivity index (χ4n) is 3.29. The fraction of sp³-hybridized carbons (Fsp3) is 0.364. The van der Waals surface area contributed by atoms with E-state index in [4.69, 9.17) is 9.15 Å². The second-order valence-corrected chi connectivity index (χ2v) is 6.95. The summed E-state index contributed by atoms with van der Waals surface area (Å²) in [5, 5.41) is 4.93. The first-order valence-electron chi connectivity index (χ1n) is 8.94. The summed E-state index contributed by atoms with van der Waals surface area (Å²) < 4.78 is 11.2. The van der Waals surface area contributed by atoms with Crippen LogP contribution in [0.25, 0.3) is 11.0 Å². The lowest BCUT2D eigenvalue weighted by Gasteiger charge is -2.26. The molecule has 0 unspecified atom stereocenters. The third kappa shape index (κ3) is 3.88. The summed E-state index contributed by atoms with van der Waals surface area (Å²) >= 11 is 0. The van der Waals surface area contributed by atoms with Crippen molar-refractivity contribution in [3.63, 3.8) is 0 Å². The number of nitrogens with one attached hydrogen (secondary N) is 1. The molecule has 3 aromatic rings. The first-order valence-corrected chi connectivity index (χ1v) is 8.94. The smallest absolute Gasteiger partial charge is 0.175 e. The van der Waals surface area contributed by atoms with Crippen molar-refractivity contribution in [1.29, 1.82) is 0 Å². The summed E-state index contributed by atoms with van der Waals surface area (Å²) in [5.74, 6) is 1.30. The Labute approximate surface area is 150 Å². The molecule has 3 rings (SSSR count). The van der Waals surface area contributed by atoms with Crippen molar-refractivity contribution in [1.82, 2.24) is 5.32 Å². The minimum absolute atomic E-state index is 0.307. The van der Waals surface area contributed by atoms with Crippen LogP contribution in [0.5, 0.6) is 5.75 Å². The molecule has 0 saturated heterocycles. The van der Waals surface area contributed by atoms with Gasteiger partial charge in [0.05, 0.1) is 13.4 Å². The van der Waals surface area contributed by atoms with Crippen molar-refractivity contribution >= 4 is 11.0 Å². The number of furan rings is 1. The van der Waals surface area contributed by atoms with Crippen molar-refractivity contribution in [3.8, 4) is 5.75 Å². The number of rotatable bonds is 7. The van der Waals surface area contributed by atoms with E-state index >= 15 is 0 Å². The van der Waals surface area contributed by atoms with Crippen LogP contribution in [0.3, 0.4) is 0 Å². The van der Waals surface area contributed by atoms with Crippen molar-refractivity contribution in [2.45, 2.75) is 39.3 Å². The highest BCUT2D eigenvalue weighted by Crippen LogP contribution is 2.31. The zero-order valence-electron chi connectivity index (χ0n) is 15.5. The molecule has 0 saturated carbocycles. The van der Waals surface area contributed by atoms with Crippen LogP contribution in [-0.4, -0.2) is 13.2 Å². The zero-order chi connectivity index (χ0) is 17.8. The van der Waals surface area contributed by atoms with E-state index in [-0.39, 0.29) is 0 Å². The van der Waals surface area contributed by atoms with Crippen LogP contribution in [0.1, 0.15) is 37.9 Å². The van der Waals surface area contributed by atoms with E-state index in [1.165, 1.54) is 11.1 Å². The summed E-state index contributed by atoms with van der Waals surface area (Å²) in [6.07, 6.45) is 2.80. The van der Waals surface area contributed by atoms with Crippen molar-refractivity contribution < 1.29 is 9.15 Å². The quantitative estimate of drug-likeness (QED) is 0.630. The summed E-state index contributed by atoms with van der Waals surface area (Å²) in [6, 6.07) is 17.3. The highest BCUT2D eigenvalue weighted by molar-refractivity contribution is 5.86. The Morgan fingerprint density at radius 2 is 1.76 bits per heavy atom. The molecular formula is C22H27NO2. The van der Waals surface area contributed by atoms with Gasteiger partial charge in [-0.3, -0.25) is 0 Å². The van der Waals surface area contributed by atoms with Crippen LogP contribution in [0.2, 0.25) is 0 Å². The van der Waals surface area contributed by atoms with Crippen LogP contribution in [-0.2, 0) is 6.42 Å². The van der Waals surface area contributed by atoms with E-state index in [1.54, 1.807) is 7.11 Å². The van der Waals surface area contributed by atoms with Crippen molar-refractivity contribution in [2.75, 3.05) is 7.11 Å². The zero-order valence-corrected chi connectivity index (χ0v) is 15.5. The molecule has 1 N–H and O–H groups in total. The third-order valence-electron chi connectivity index (χ3n) is 4.87. The molecule has 1 aromatic heterocycles. The van der Waals surface area contributed by atoms with E-state index in [0.717, 1.165) is 23.1 Å². The molecule has 0 aliphatic carbocycles. The second-order valence-electron chi connectivity index (χ2n) is 6.95. The molecule has 1 heterocycles. The lowest BCUT2D eigenvalue weighted by atomic mass is 9.94. The van der Waals surface area contributed by atoms with Gasteiger partial charge in [-0.1, -0.05) is 56.3 Å².